The molecule has 156 valence electrons. The average molecular weight is 413 g/mol. The van der Waals surface area contributed by atoms with Gasteiger partial charge < -0.3 is 10.2 Å². The van der Waals surface area contributed by atoms with Gasteiger partial charge in [0.2, 0.25) is 0 Å². The number of pyridine rings is 1. The molecule has 7 heteroatoms. The minimum absolute atomic E-state index is 0.0721. The molecule has 0 radical (unpaired) electrons. The van der Waals surface area contributed by atoms with Gasteiger partial charge in [0.05, 0.1) is 16.6 Å². The van der Waals surface area contributed by atoms with E-state index in [0.29, 0.717) is 22.6 Å². The van der Waals surface area contributed by atoms with Gasteiger partial charge in [-0.2, -0.15) is 13.2 Å². The second kappa shape index (κ2) is 7.72. The third-order valence-corrected chi connectivity index (χ3v) is 5.65. The SMILES string of the molecule is C[C@H](NC(=O)c1cnc2c(-c3ccc(C(F)(F)F)cc3)cccc2c1)C1CN(C)C1. The first-order valence-electron chi connectivity index (χ1n) is 9.78. The normalized spacial score (nSPS) is 16.3. The standard InChI is InChI=1S/C23H22F3N3O/c1-14(18-12-29(2)13-18)28-22(30)17-10-16-4-3-5-20(21(16)27-11-17)15-6-8-19(9-7-15)23(24,25)26/h3-11,14,18H,12-13H2,1-2H3,(H,28,30)/t14-/m0/s1. The number of halogens is 3. The highest BCUT2D eigenvalue weighted by Gasteiger charge is 2.30. The maximum absolute atomic E-state index is 12.8. The van der Waals surface area contributed by atoms with Gasteiger partial charge in [-0.3, -0.25) is 9.78 Å². The molecular weight excluding hydrogens is 391 g/mol. The molecule has 2 aromatic carbocycles. The number of likely N-dealkylation sites (tertiary alicyclic amines) is 1. The largest absolute Gasteiger partial charge is 0.416 e. The van der Waals surface area contributed by atoms with Gasteiger partial charge >= 0.3 is 6.18 Å². The highest BCUT2D eigenvalue weighted by atomic mass is 19.4. The molecule has 3 aromatic rings. The number of amides is 1. The number of fused-ring (bicyclic) bond motifs is 1. The molecule has 1 N–H and O–H groups in total. The molecule has 1 amide bonds. The molecule has 1 aromatic heterocycles. The van der Waals surface area contributed by atoms with Crippen molar-refractivity contribution in [2.24, 2.45) is 5.92 Å². The zero-order valence-corrected chi connectivity index (χ0v) is 16.7. The highest BCUT2D eigenvalue weighted by molar-refractivity contribution is 6.00. The Morgan fingerprint density at radius 2 is 1.87 bits per heavy atom. The lowest BCUT2D eigenvalue weighted by atomic mass is 9.93. The van der Waals surface area contributed by atoms with Crippen molar-refractivity contribution in [2.75, 3.05) is 20.1 Å². The zero-order valence-electron chi connectivity index (χ0n) is 16.7. The van der Waals surface area contributed by atoms with E-state index in [-0.39, 0.29) is 11.9 Å². The summed E-state index contributed by atoms with van der Waals surface area (Å²) in [6, 6.07) is 12.3. The van der Waals surface area contributed by atoms with Gasteiger partial charge in [-0.25, -0.2) is 0 Å². The van der Waals surface area contributed by atoms with Crippen molar-refractivity contribution in [3.8, 4) is 11.1 Å². The van der Waals surface area contributed by atoms with Crippen molar-refractivity contribution >= 4 is 16.8 Å². The van der Waals surface area contributed by atoms with Crippen LogP contribution < -0.4 is 5.32 Å². The van der Waals surface area contributed by atoms with E-state index >= 15 is 0 Å². The van der Waals surface area contributed by atoms with Gasteiger partial charge in [-0.1, -0.05) is 30.3 Å². The molecule has 1 aliphatic rings. The number of benzene rings is 2. The van der Waals surface area contributed by atoms with Crippen LogP contribution >= 0.6 is 0 Å². The van der Waals surface area contributed by atoms with E-state index in [4.69, 9.17) is 0 Å². The third-order valence-electron chi connectivity index (χ3n) is 5.65. The fourth-order valence-electron chi connectivity index (χ4n) is 3.83. The Balaban J connectivity index is 1.58. The summed E-state index contributed by atoms with van der Waals surface area (Å²) in [6.07, 6.45) is -2.85. The third kappa shape index (κ3) is 4.03. The highest BCUT2D eigenvalue weighted by Crippen LogP contribution is 2.33. The number of carbonyl (C=O) groups is 1. The molecule has 0 bridgehead atoms. The fraction of sp³-hybridized carbons (Fsp3) is 0.304. The van der Waals surface area contributed by atoms with Gasteiger partial charge in [0.25, 0.3) is 5.91 Å². The predicted molar refractivity (Wildman–Crippen MR) is 110 cm³/mol. The van der Waals surface area contributed by atoms with Gasteiger partial charge in [0, 0.05) is 42.2 Å². The summed E-state index contributed by atoms with van der Waals surface area (Å²) in [7, 11) is 2.05. The Labute approximate surface area is 172 Å². The summed E-state index contributed by atoms with van der Waals surface area (Å²) >= 11 is 0. The number of aromatic nitrogens is 1. The monoisotopic (exact) mass is 413 g/mol. The molecule has 30 heavy (non-hydrogen) atoms. The van der Waals surface area contributed by atoms with E-state index in [0.717, 1.165) is 36.2 Å². The second-order valence-corrected chi connectivity index (χ2v) is 7.92. The minimum Gasteiger partial charge on any atom is -0.349 e. The van der Waals surface area contributed by atoms with Crippen molar-refractivity contribution in [2.45, 2.75) is 19.1 Å². The molecule has 1 atom stereocenters. The molecule has 0 unspecified atom stereocenters. The Kier molecular flexibility index (Phi) is 5.24. The summed E-state index contributed by atoms with van der Waals surface area (Å²) in [4.78, 5) is 19.3. The molecule has 0 aliphatic carbocycles. The maximum atomic E-state index is 12.8. The first-order valence-corrected chi connectivity index (χ1v) is 9.78. The summed E-state index contributed by atoms with van der Waals surface area (Å²) in [5, 5.41) is 3.80. The number of para-hydroxylation sites is 1. The van der Waals surface area contributed by atoms with E-state index in [1.165, 1.54) is 18.3 Å². The molecule has 4 rings (SSSR count). The first-order chi connectivity index (χ1) is 14.2. The molecule has 4 nitrogen and oxygen atoms in total. The van der Waals surface area contributed by atoms with Crippen LogP contribution in [-0.4, -0.2) is 42.0 Å². The van der Waals surface area contributed by atoms with Crippen LogP contribution in [0.4, 0.5) is 13.2 Å². The lowest BCUT2D eigenvalue weighted by Gasteiger charge is -2.40. The molecular formula is C23H22F3N3O. The summed E-state index contributed by atoms with van der Waals surface area (Å²) in [5.41, 5.74) is 1.78. The number of rotatable bonds is 4. The fourth-order valence-corrected chi connectivity index (χ4v) is 3.83. The van der Waals surface area contributed by atoms with Crippen LogP contribution in [0.5, 0.6) is 0 Å². The van der Waals surface area contributed by atoms with E-state index in [1.54, 1.807) is 6.07 Å². The molecule has 0 saturated carbocycles. The average Bonchev–Trinajstić information content (AvgIpc) is 2.70. The predicted octanol–water partition coefficient (Wildman–Crippen LogP) is 4.60. The smallest absolute Gasteiger partial charge is 0.349 e. The number of nitrogens with zero attached hydrogens (tertiary/aromatic N) is 2. The topological polar surface area (TPSA) is 45.2 Å². The van der Waals surface area contributed by atoms with Gasteiger partial charge in [-0.05, 0) is 37.7 Å². The van der Waals surface area contributed by atoms with Crippen LogP contribution in [0, 0.1) is 5.92 Å². The van der Waals surface area contributed by atoms with Crippen molar-refractivity contribution in [3.05, 3.63) is 65.9 Å². The van der Waals surface area contributed by atoms with Gasteiger partial charge in [0.15, 0.2) is 0 Å². The van der Waals surface area contributed by atoms with Gasteiger partial charge in [0.1, 0.15) is 0 Å². The lowest BCUT2D eigenvalue weighted by molar-refractivity contribution is -0.137. The van der Waals surface area contributed by atoms with E-state index < -0.39 is 11.7 Å². The lowest BCUT2D eigenvalue weighted by Crippen LogP contribution is -2.53. The van der Waals surface area contributed by atoms with Crippen LogP contribution in [0.2, 0.25) is 0 Å². The molecule has 1 fully saturated rings. The molecule has 1 saturated heterocycles. The number of hydrogen-bond donors (Lipinski definition) is 1. The van der Waals surface area contributed by atoms with Crippen LogP contribution in [-0.2, 0) is 6.18 Å². The van der Waals surface area contributed by atoms with Crippen LogP contribution in [0.1, 0.15) is 22.8 Å². The summed E-state index contributed by atoms with van der Waals surface area (Å²) in [5.74, 6) is 0.269. The number of hydrogen-bond acceptors (Lipinski definition) is 3. The molecule has 1 aliphatic heterocycles. The Morgan fingerprint density at radius 3 is 2.50 bits per heavy atom. The second-order valence-electron chi connectivity index (χ2n) is 7.92. The van der Waals surface area contributed by atoms with Crippen molar-refractivity contribution in [3.63, 3.8) is 0 Å². The molecule has 0 spiro atoms. The molecule has 2 heterocycles. The van der Waals surface area contributed by atoms with Crippen LogP contribution in [0.3, 0.4) is 0 Å². The Hall–Kier alpha value is -2.93. The van der Waals surface area contributed by atoms with Crippen molar-refractivity contribution in [1.29, 1.82) is 0 Å². The van der Waals surface area contributed by atoms with Gasteiger partial charge in [-0.15, -0.1) is 0 Å². The van der Waals surface area contributed by atoms with Crippen molar-refractivity contribution < 1.29 is 18.0 Å². The quantitative estimate of drug-likeness (QED) is 0.680. The first kappa shape index (κ1) is 20.3. The Morgan fingerprint density at radius 1 is 1.17 bits per heavy atom. The van der Waals surface area contributed by atoms with Crippen molar-refractivity contribution in [1.82, 2.24) is 15.2 Å². The van der Waals surface area contributed by atoms with E-state index in [1.807, 2.05) is 32.2 Å². The minimum atomic E-state index is -4.37. The number of alkyl halides is 3. The maximum Gasteiger partial charge on any atom is 0.416 e. The van der Waals surface area contributed by atoms with E-state index in [2.05, 4.69) is 15.2 Å². The summed E-state index contributed by atoms with van der Waals surface area (Å²) in [6.45, 7) is 3.94. The Bertz CT molecular complexity index is 1070. The summed E-state index contributed by atoms with van der Waals surface area (Å²) < 4.78 is 38.5. The number of nitrogens with one attached hydrogen (secondary N) is 1. The zero-order chi connectivity index (χ0) is 21.5. The van der Waals surface area contributed by atoms with E-state index in [9.17, 15) is 18.0 Å². The van der Waals surface area contributed by atoms with Crippen LogP contribution in [0.25, 0.3) is 22.0 Å². The van der Waals surface area contributed by atoms with Crippen LogP contribution in [0.15, 0.2) is 54.7 Å². The number of carbonyl (C=O) groups excluding carboxylic acids is 1.